The van der Waals surface area contributed by atoms with Gasteiger partial charge in [0.1, 0.15) is 11.9 Å². The zero-order valence-corrected chi connectivity index (χ0v) is 22.1. The first-order valence-electron chi connectivity index (χ1n) is 12.6. The molecule has 0 aliphatic carbocycles. The summed E-state index contributed by atoms with van der Waals surface area (Å²) < 4.78 is 0. The van der Waals surface area contributed by atoms with Gasteiger partial charge in [0.25, 0.3) is 0 Å². The number of nitrogens with one attached hydrogen (secondary N) is 3. The third kappa shape index (κ3) is 8.32. The minimum absolute atomic E-state index is 0.110. The molecule has 0 saturated carbocycles. The molecule has 3 N–H and O–H groups in total. The number of likely N-dealkylation sites (tertiary alicyclic amines) is 1. The van der Waals surface area contributed by atoms with Gasteiger partial charge in [0.15, 0.2) is 0 Å². The number of carbonyl (C=O) groups excluding carboxylic acids is 2. The Morgan fingerprint density at radius 3 is 2.76 bits per heavy atom. The summed E-state index contributed by atoms with van der Waals surface area (Å²) in [5, 5.41) is 18.0. The molecule has 1 aromatic heterocycles. The molecule has 2 amide bonds. The number of amides is 2. The normalized spacial score (nSPS) is 14.6. The summed E-state index contributed by atoms with van der Waals surface area (Å²) in [6.07, 6.45) is 7.82. The highest BCUT2D eigenvalue weighted by molar-refractivity contribution is 5.93. The molecule has 0 unspecified atom stereocenters. The summed E-state index contributed by atoms with van der Waals surface area (Å²) in [5.41, 5.74) is 2.03. The van der Waals surface area contributed by atoms with E-state index in [1.54, 1.807) is 48.5 Å². The Bertz CT molecular complexity index is 1240. The van der Waals surface area contributed by atoms with Gasteiger partial charge in [-0.2, -0.15) is 10.2 Å². The number of unbranched alkanes of at least 4 members (excludes halogenated alkanes) is 1. The molecular formula is C28H34N8O2. The summed E-state index contributed by atoms with van der Waals surface area (Å²) in [7, 11) is 5.64. The highest BCUT2D eigenvalue weighted by Crippen LogP contribution is 2.19. The van der Waals surface area contributed by atoms with E-state index in [1.165, 1.54) is 0 Å². The fraction of sp³-hybridized carbons (Fsp3) is 0.393. The van der Waals surface area contributed by atoms with Crippen LogP contribution in [0, 0.1) is 23.2 Å². The lowest BCUT2D eigenvalue weighted by Crippen LogP contribution is -2.45. The van der Waals surface area contributed by atoms with Crippen molar-refractivity contribution in [2.24, 2.45) is 0 Å². The largest absolute Gasteiger partial charge is 0.372 e. The van der Waals surface area contributed by atoms with Crippen molar-refractivity contribution in [3.8, 4) is 17.9 Å². The van der Waals surface area contributed by atoms with Crippen LogP contribution >= 0.6 is 0 Å². The van der Waals surface area contributed by atoms with Crippen LogP contribution in [0.2, 0.25) is 0 Å². The average Bonchev–Trinajstić information content (AvgIpc) is 3.41. The van der Waals surface area contributed by atoms with E-state index < -0.39 is 6.04 Å². The van der Waals surface area contributed by atoms with Gasteiger partial charge in [-0.05, 0) is 57.6 Å². The van der Waals surface area contributed by atoms with Gasteiger partial charge in [0.05, 0.1) is 23.4 Å². The first-order valence-corrected chi connectivity index (χ1v) is 12.6. The smallest absolute Gasteiger partial charge is 0.246 e. The van der Waals surface area contributed by atoms with Crippen LogP contribution < -0.4 is 16.0 Å². The minimum atomic E-state index is -0.413. The number of carbonyl (C=O) groups is 2. The number of hydrogen-bond donors (Lipinski definition) is 3. The molecule has 10 nitrogen and oxygen atoms in total. The summed E-state index contributed by atoms with van der Waals surface area (Å²) >= 11 is 0. The van der Waals surface area contributed by atoms with Crippen molar-refractivity contribution >= 4 is 29.3 Å². The highest BCUT2D eigenvalue weighted by Gasteiger charge is 2.32. The number of anilines is 3. The van der Waals surface area contributed by atoms with Crippen molar-refractivity contribution in [1.82, 2.24) is 25.1 Å². The van der Waals surface area contributed by atoms with E-state index in [0.717, 1.165) is 12.1 Å². The molecule has 38 heavy (non-hydrogen) atoms. The molecule has 1 aliphatic rings. The van der Waals surface area contributed by atoms with E-state index in [9.17, 15) is 9.59 Å². The molecule has 1 fully saturated rings. The average molecular weight is 515 g/mol. The first kappa shape index (κ1) is 28.2. The van der Waals surface area contributed by atoms with Crippen molar-refractivity contribution in [3.05, 3.63) is 53.7 Å². The third-order valence-electron chi connectivity index (χ3n) is 5.87. The van der Waals surface area contributed by atoms with Gasteiger partial charge in [-0.3, -0.25) is 9.59 Å². The first-order chi connectivity index (χ1) is 18.4. The Hall–Kier alpha value is -4.41. The lowest BCUT2D eigenvalue weighted by atomic mass is 10.2. The lowest BCUT2D eigenvalue weighted by Gasteiger charge is -2.22. The van der Waals surface area contributed by atoms with E-state index in [0.29, 0.717) is 61.8 Å². The second-order valence-electron chi connectivity index (χ2n) is 9.07. The second kappa shape index (κ2) is 14.4. The lowest BCUT2D eigenvalue weighted by molar-refractivity contribution is -0.135. The van der Waals surface area contributed by atoms with Gasteiger partial charge in [-0.25, -0.2) is 4.98 Å². The van der Waals surface area contributed by atoms with E-state index in [1.807, 2.05) is 25.1 Å². The number of likely N-dealkylation sites (N-methyl/N-ethyl adjacent to an activating group) is 1. The Balaban J connectivity index is 1.46. The maximum atomic E-state index is 12.7. The zero-order valence-electron chi connectivity index (χ0n) is 22.1. The molecule has 1 saturated heterocycles. The van der Waals surface area contributed by atoms with Crippen LogP contribution in [0.15, 0.2) is 42.6 Å². The maximum Gasteiger partial charge on any atom is 0.246 e. The van der Waals surface area contributed by atoms with Crippen LogP contribution in [0.4, 0.5) is 17.5 Å². The van der Waals surface area contributed by atoms with Crippen LogP contribution in [0.1, 0.15) is 36.8 Å². The summed E-state index contributed by atoms with van der Waals surface area (Å²) in [5.74, 6) is 6.99. The zero-order chi connectivity index (χ0) is 27.3. The Kier molecular flexibility index (Phi) is 10.6. The third-order valence-corrected chi connectivity index (χ3v) is 5.87. The number of benzene rings is 1. The topological polar surface area (TPSA) is 126 Å². The molecule has 2 heterocycles. The molecule has 0 spiro atoms. The molecule has 1 atom stereocenters. The van der Waals surface area contributed by atoms with Crippen LogP contribution in [0.3, 0.4) is 0 Å². The number of nitriles is 1. The van der Waals surface area contributed by atoms with Crippen LogP contribution in [-0.2, 0) is 9.59 Å². The molecule has 1 aromatic carbocycles. The Morgan fingerprint density at radius 2 is 2.05 bits per heavy atom. The van der Waals surface area contributed by atoms with Gasteiger partial charge in [-0.1, -0.05) is 17.9 Å². The monoisotopic (exact) mass is 514 g/mol. The van der Waals surface area contributed by atoms with Crippen molar-refractivity contribution in [3.63, 3.8) is 0 Å². The van der Waals surface area contributed by atoms with Crippen molar-refractivity contribution in [2.75, 3.05) is 51.4 Å². The van der Waals surface area contributed by atoms with E-state index in [2.05, 4.69) is 43.8 Å². The predicted molar refractivity (Wildman–Crippen MR) is 148 cm³/mol. The van der Waals surface area contributed by atoms with Crippen LogP contribution in [0.5, 0.6) is 0 Å². The van der Waals surface area contributed by atoms with Gasteiger partial charge in [0.2, 0.25) is 17.8 Å². The van der Waals surface area contributed by atoms with Crippen LogP contribution in [0.25, 0.3) is 0 Å². The molecular weight excluding hydrogens is 480 g/mol. The van der Waals surface area contributed by atoms with Gasteiger partial charge in [-0.15, -0.1) is 0 Å². The Morgan fingerprint density at radius 1 is 1.26 bits per heavy atom. The van der Waals surface area contributed by atoms with E-state index in [4.69, 9.17) is 5.26 Å². The van der Waals surface area contributed by atoms with Crippen molar-refractivity contribution < 1.29 is 9.59 Å². The van der Waals surface area contributed by atoms with Crippen LogP contribution in [-0.4, -0.2) is 78.4 Å². The maximum absolute atomic E-state index is 12.7. The molecule has 0 radical (unpaired) electrons. The highest BCUT2D eigenvalue weighted by atomic mass is 16.2. The molecule has 1 aliphatic heterocycles. The van der Waals surface area contributed by atoms with E-state index in [-0.39, 0.29) is 11.8 Å². The fourth-order valence-electron chi connectivity index (χ4n) is 3.91. The molecule has 10 heteroatoms. The summed E-state index contributed by atoms with van der Waals surface area (Å²) in [4.78, 5) is 37.5. The number of hydrogen-bond acceptors (Lipinski definition) is 8. The number of aromatic nitrogens is 2. The molecule has 198 valence electrons. The van der Waals surface area contributed by atoms with Gasteiger partial charge in [0, 0.05) is 44.9 Å². The van der Waals surface area contributed by atoms with E-state index >= 15 is 0 Å². The SMILES string of the molecule is CNc1nc(Nc2ccc(C#N)cc2)ncc1C#CCCCNC(=O)[C@@H]1CCCN1C(=O)C=CCN(C)C. The van der Waals surface area contributed by atoms with Crippen molar-refractivity contribution in [2.45, 2.75) is 31.7 Å². The van der Waals surface area contributed by atoms with Gasteiger partial charge >= 0.3 is 0 Å². The molecule has 2 aromatic rings. The van der Waals surface area contributed by atoms with Gasteiger partial charge < -0.3 is 25.8 Å². The standard InChI is InChI=1S/C28H34N8O2/c1-30-26-22(20-32-28(34-26)33-23-14-12-21(19-29)13-15-23)9-5-4-6-16-31-27(38)24-10-7-18-36(24)25(37)11-8-17-35(2)3/h8,11-15,20,24H,4,6-7,10,16-18H2,1-3H3,(H,31,38)(H2,30,32,33,34)/t24-/m0/s1. The summed E-state index contributed by atoms with van der Waals surface area (Å²) in [6.45, 7) is 1.77. The second-order valence-corrected chi connectivity index (χ2v) is 9.07. The number of nitrogens with zero attached hydrogens (tertiary/aromatic N) is 5. The van der Waals surface area contributed by atoms with Crippen molar-refractivity contribution in [1.29, 1.82) is 5.26 Å². The number of rotatable bonds is 10. The predicted octanol–water partition coefficient (Wildman–Crippen LogP) is 2.49. The minimum Gasteiger partial charge on any atom is -0.372 e. The summed E-state index contributed by atoms with van der Waals surface area (Å²) in [6, 6.07) is 8.70. The molecule has 3 rings (SSSR count). The fourth-order valence-corrected chi connectivity index (χ4v) is 3.91. The Labute approximate surface area is 224 Å². The quantitative estimate of drug-likeness (QED) is 0.251. The molecule has 0 bridgehead atoms.